The number of hydrogen-bond donors (Lipinski definition) is 2. The molecule has 0 atom stereocenters. The van der Waals surface area contributed by atoms with Crippen molar-refractivity contribution in [3.8, 4) is 0 Å². The van der Waals surface area contributed by atoms with Gasteiger partial charge in [0.2, 0.25) is 0 Å². The van der Waals surface area contributed by atoms with Crippen molar-refractivity contribution < 1.29 is 9.90 Å². The molecule has 104 valence electrons. The average molecular weight is 269 g/mol. The van der Waals surface area contributed by atoms with Crippen LogP contribution < -0.4 is 0 Å². The molecule has 0 amide bonds. The first-order valence-electron chi connectivity index (χ1n) is 7.16. The molecule has 0 saturated heterocycles. The lowest BCUT2D eigenvalue weighted by atomic mass is 9.96. The molecule has 3 rings (SSSR count). The van der Waals surface area contributed by atoms with Crippen LogP contribution in [0.2, 0.25) is 0 Å². The minimum atomic E-state index is -0.854. The normalized spacial score (nSPS) is 15.8. The SMILES string of the molecule is CCc1cccc2c(/C(=C/C(=O)O)C3CC3)c(C)[nH]c12. The van der Waals surface area contributed by atoms with Crippen LogP contribution >= 0.6 is 0 Å². The van der Waals surface area contributed by atoms with Crippen LogP contribution in [-0.4, -0.2) is 16.1 Å². The second-order valence-corrected chi connectivity index (χ2v) is 5.53. The quantitative estimate of drug-likeness (QED) is 0.827. The molecule has 0 unspecified atom stereocenters. The Balaban J connectivity index is 2.25. The lowest BCUT2D eigenvalue weighted by molar-refractivity contribution is -0.131. The summed E-state index contributed by atoms with van der Waals surface area (Å²) in [6.45, 7) is 4.17. The van der Waals surface area contributed by atoms with Crippen LogP contribution in [0, 0.1) is 12.8 Å². The molecule has 2 aromatic rings. The highest BCUT2D eigenvalue weighted by molar-refractivity contribution is 6.01. The number of fused-ring (bicyclic) bond motifs is 1. The first-order chi connectivity index (χ1) is 9.61. The average Bonchev–Trinajstić information content (AvgIpc) is 3.18. The number of carbonyl (C=O) groups is 1. The summed E-state index contributed by atoms with van der Waals surface area (Å²) in [4.78, 5) is 14.6. The maximum absolute atomic E-state index is 11.1. The fourth-order valence-corrected chi connectivity index (χ4v) is 3.00. The van der Waals surface area contributed by atoms with E-state index in [1.807, 2.05) is 6.92 Å². The lowest BCUT2D eigenvalue weighted by Gasteiger charge is -2.06. The Kier molecular flexibility index (Phi) is 3.13. The first-order valence-corrected chi connectivity index (χ1v) is 7.16. The highest BCUT2D eigenvalue weighted by atomic mass is 16.4. The molecule has 2 N–H and O–H groups in total. The van der Waals surface area contributed by atoms with Gasteiger partial charge < -0.3 is 10.1 Å². The molecule has 0 bridgehead atoms. The van der Waals surface area contributed by atoms with Crippen molar-refractivity contribution in [3.05, 3.63) is 41.1 Å². The summed E-state index contributed by atoms with van der Waals surface area (Å²) in [5.74, 6) is -0.443. The van der Waals surface area contributed by atoms with Gasteiger partial charge in [-0.1, -0.05) is 25.1 Å². The molecule has 1 heterocycles. The summed E-state index contributed by atoms with van der Waals surface area (Å²) < 4.78 is 0. The van der Waals surface area contributed by atoms with E-state index in [4.69, 9.17) is 5.11 Å². The fraction of sp³-hybridized carbons (Fsp3) is 0.353. The van der Waals surface area contributed by atoms with E-state index in [9.17, 15) is 4.79 Å². The van der Waals surface area contributed by atoms with E-state index in [2.05, 4.69) is 30.1 Å². The van der Waals surface area contributed by atoms with E-state index in [1.165, 1.54) is 11.6 Å². The third-order valence-corrected chi connectivity index (χ3v) is 4.07. The Hall–Kier alpha value is -2.03. The minimum absolute atomic E-state index is 0.411. The molecule has 0 spiro atoms. The molecule has 1 aliphatic rings. The fourth-order valence-electron chi connectivity index (χ4n) is 3.00. The molecular weight excluding hydrogens is 250 g/mol. The first kappa shape index (κ1) is 13.0. The van der Waals surface area contributed by atoms with Crippen molar-refractivity contribution in [2.75, 3.05) is 0 Å². The zero-order valence-corrected chi connectivity index (χ0v) is 11.9. The van der Waals surface area contributed by atoms with Crippen LogP contribution in [0.4, 0.5) is 0 Å². The van der Waals surface area contributed by atoms with Crippen LogP contribution in [-0.2, 0) is 11.2 Å². The van der Waals surface area contributed by atoms with Gasteiger partial charge in [0.05, 0.1) is 0 Å². The number of para-hydroxylation sites is 1. The van der Waals surface area contributed by atoms with Crippen molar-refractivity contribution >= 4 is 22.4 Å². The molecular formula is C17H19NO2. The van der Waals surface area contributed by atoms with Crippen LogP contribution in [0.5, 0.6) is 0 Å². The number of aliphatic carboxylic acids is 1. The summed E-state index contributed by atoms with van der Waals surface area (Å²) in [7, 11) is 0. The minimum Gasteiger partial charge on any atom is -0.478 e. The van der Waals surface area contributed by atoms with Gasteiger partial charge in [-0.25, -0.2) is 4.79 Å². The van der Waals surface area contributed by atoms with Crippen molar-refractivity contribution in [1.29, 1.82) is 0 Å². The third-order valence-electron chi connectivity index (χ3n) is 4.07. The van der Waals surface area contributed by atoms with Crippen molar-refractivity contribution in [2.24, 2.45) is 5.92 Å². The van der Waals surface area contributed by atoms with Crippen LogP contribution in [0.1, 0.15) is 36.6 Å². The van der Waals surface area contributed by atoms with Gasteiger partial charge in [-0.3, -0.25) is 0 Å². The van der Waals surface area contributed by atoms with Crippen LogP contribution in [0.15, 0.2) is 24.3 Å². The van der Waals surface area contributed by atoms with Crippen LogP contribution in [0.3, 0.4) is 0 Å². The number of allylic oxidation sites excluding steroid dienone is 1. The number of hydrogen-bond acceptors (Lipinski definition) is 1. The van der Waals surface area contributed by atoms with Gasteiger partial charge in [0.25, 0.3) is 0 Å². The van der Waals surface area contributed by atoms with Gasteiger partial charge in [-0.15, -0.1) is 0 Å². The number of aromatic nitrogens is 1. The molecule has 0 radical (unpaired) electrons. The topological polar surface area (TPSA) is 53.1 Å². The van der Waals surface area contributed by atoms with E-state index >= 15 is 0 Å². The molecule has 1 aromatic carbocycles. The zero-order valence-electron chi connectivity index (χ0n) is 11.9. The van der Waals surface area contributed by atoms with Gasteiger partial charge in [0, 0.05) is 28.2 Å². The Bertz CT molecular complexity index is 705. The smallest absolute Gasteiger partial charge is 0.328 e. The molecule has 3 nitrogen and oxygen atoms in total. The van der Waals surface area contributed by atoms with Crippen LogP contribution in [0.25, 0.3) is 16.5 Å². The maximum atomic E-state index is 11.1. The lowest BCUT2D eigenvalue weighted by Crippen LogP contribution is -1.95. The second kappa shape index (κ2) is 4.82. The van der Waals surface area contributed by atoms with E-state index in [-0.39, 0.29) is 0 Å². The molecule has 0 aliphatic heterocycles. The molecule has 20 heavy (non-hydrogen) atoms. The molecule has 1 aromatic heterocycles. The summed E-state index contributed by atoms with van der Waals surface area (Å²) in [5, 5.41) is 10.3. The Morgan fingerprint density at radius 3 is 2.80 bits per heavy atom. The van der Waals surface area contributed by atoms with Crippen molar-refractivity contribution in [1.82, 2.24) is 4.98 Å². The van der Waals surface area contributed by atoms with Gasteiger partial charge in [-0.2, -0.15) is 0 Å². The third kappa shape index (κ3) is 2.13. The van der Waals surface area contributed by atoms with Crippen molar-refractivity contribution in [3.63, 3.8) is 0 Å². The van der Waals surface area contributed by atoms with E-state index in [1.54, 1.807) is 0 Å². The van der Waals surface area contributed by atoms with Gasteiger partial charge in [0.1, 0.15) is 0 Å². The summed E-state index contributed by atoms with van der Waals surface area (Å²) in [6, 6.07) is 6.27. The highest BCUT2D eigenvalue weighted by Gasteiger charge is 2.30. The van der Waals surface area contributed by atoms with E-state index in [0.29, 0.717) is 5.92 Å². The number of carboxylic acid groups (broad SMARTS) is 1. The second-order valence-electron chi connectivity index (χ2n) is 5.53. The monoisotopic (exact) mass is 269 g/mol. The number of benzene rings is 1. The number of rotatable bonds is 4. The predicted octanol–water partition coefficient (Wildman–Crippen LogP) is 3.92. The molecule has 1 saturated carbocycles. The Morgan fingerprint density at radius 1 is 1.45 bits per heavy atom. The van der Waals surface area contributed by atoms with Gasteiger partial charge in [0.15, 0.2) is 0 Å². The Morgan fingerprint density at radius 2 is 2.20 bits per heavy atom. The van der Waals surface area contributed by atoms with E-state index < -0.39 is 5.97 Å². The number of aromatic amines is 1. The number of aryl methyl sites for hydroxylation is 2. The number of carboxylic acids is 1. The standard InChI is InChI=1S/C17H19NO2/c1-3-11-5-4-6-13-16(10(2)18-17(11)13)14(9-15(19)20)12-7-8-12/h4-6,9,12,18H,3,7-8H2,1-2H3,(H,19,20)/b14-9+. The van der Waals surface area contributed by atoms with Crippen molar-refractivity contribution in [2.45, 2.75) is 33.1 Å². The number of nitrogens with one attached hydrogen (secondary N) is 1. The summed E-state index contributed by atoms with van der Waals surface area (Å²) >= 11 is 0. The molecule has 3 heteroatoms. The summed E-state index contributed by atoms with van der Waals surface area (Å²) in [5.41, 5.74) is 5.58. The van der Waals surface area contributed by atoms with Gasteiger partial charge >= 0.3 is 5.97 Å². The maximum Gasteiger partial charge on any atom is 0.328 e. The summed E-state index contributed by atoms with van der Waals surface area (Å²) in [6.07, 6.45) is 4.56. The van der Waals surface area contributed by atoms with E-state index in [0.717, 1.165) is 47.0 Å². The predicted molar refractivity (Wildman–Crippen MR) is 80.8 cm³/mol. The Labute approximate surface area is 118 Å². The largest absolute Gasteiger partial charge is 0.478 e. The number of H-pyrrole nitrogens is 1. The van der Waals surface area contributed by atoms with Gasteiger partial charge in [-0.05, 0) is 43.2 Å². The highest BCUT2D eigenvalue weighted by Crippen LogP contribution is 2.45. The zero-order chi connectivity index (χ0) is 14.3. The molecule has 1 aliphatic carbocycles. The molecule has 1 fully saturated rings.